The van der Waals surface area contributed by atoms with E-state index in [1.807, 2.05) is 38.1 Å². The van der Waals surface area contributed by atoms with E-state index in [0.717, 1.165) is 15.4 Å². The normalized spacial score (nSPS) is 11.2. The number of aliphatic imine (C=N–C) groups is 1. The van der Waals surface area contributed by atoms with Gasteiger partial charge in [-0.15, -0.1) is 24.0 Å². The van der Waals surface area contributed by atoms with E-state index in [2.05, 4.69) is 10.3 Å². The number of guanidine groups is 1. The molecule has 0 aliphatic heterocycles. The summed E-state index contributed by atoms with van der Waals surface area (Å²) >= 11 is 1.60. The van der Waals surface area contributed by atoms with Crippen molar-refractivity contribution in [1.82, 2.24) is 5.32 Å². The third-order valence-electron chi connectivity index (χ3n) is 2.84. The Bertz CT molecular complexity index is 627. The van der Waals surface area contributed by atoms with Crippen molar-refractivity contribution in [3.8, 4) is 0 Å². The number of nitrogens with one attached hydrogen (secondary N) is 1. The van der Waals surface area contributed by atoms with Crippen LogP contribution in [0.4, 0.5) is 4.39 Å². The van der Waals surface area contributed by atoms with Crippen molar-refractivity contribution in [3.63, 3.8) is 0 Å². The molecule has 0 fully saturated rings. The molecule has 0 saturated heterocycles. The molecule has 0 saturated carbocycles. The summed E-state index contributed by atoms with van der Waals surface area (Å²) in [4.78, 5) is 6.41. The number of nitrogens with two attached hydrogens (primary N) is 1. The molecule has 0 unspecified atom stereocenters. The van der Waals surface area contributed by atoms with E-state index < -0.39 is 0 Å². The van der Waals surface area contributed by atoms with Crippen LogP contribution >= 0.6 is 35.7 Å². The van der Waals surface area contributed by atoms with Gasteiger partial charge in [0.2, 0.25) is 0 Å². The van der Waals surface area contributed by atoms with Gasteiger partial charge in [0, 0.05) is 15.8 Å². The van der Waals surface area contributed by atoms with E-state index in [0.29, 0.717) is 12.5 Å². The van der Waals surface area contributed by atoms with E-state index in [-0.39, 0.29) is 35.8 Å². The number of nitrogens with zero attached hydrogens (tertiary/aromatic N) is 1. The topological polar surface area (TPSA) is 50.4 Å². The van der Waals surface area contributed by atoms with Crippen LogP contribution in [0.15, 0.2) is 63.3 Å². The van der Waals surface area contributed by atoms with Gasteiger partial charge in [0.05, 0.1) is 6.54 Å². The van der Waals surface area contributed by atoms with Crippen LogP contribution in [0.2, 0.25) is 0 Å². The first-order chi connectivity index (χ1) is 10.5. The molecule has 0 spiro atoms. The van der Waals surface area contributed by atoms with E-state index in [1.165, 1.54) is 12.1 Å². The minimum Gasteiger partial charge on any atom is -0.370 e. The summed E-state index contributed by atoms with van der Waals surface area (Å²) in [5, 5.41) is 3.05. The molecule has 0 aliphatic carbocycles. The largest absolute Gasteiger partial charge is 0.370 e. The lowest BCUT2D eigenvalue weighted by atomic mass is 10.2. The fraction of sp³-hybridized carbons (Fsp3) is 0.235. The van der Waals surface area contributed by atoms with Gasteiger partial charge >= 0.3 is 0 Å². The van der Waals surface area contributed by atoms with Gasteiger partial charge in [-0.1, -0.05) is 23.9 Å². The van der Waals surface area contributed by atoms with Crippen LogP contribution in [0.3, 0.4) is 0 Å². The standard InChI is InChI=1S/C17H20FN3S.HI/c1-12(2)21-17(19)20-11-13-3-7-15(8-4-13)22-16-9-5-14(18)6-10-16;/h3-10,12H,11H2,1-2H3,(H3,19,20,21);1H. The highest BCUT2D eigenvalue weighted by Gasteiger charge is 2.00. The Morgan fingerprint density at radius 3 is 2.13 bits per heavy atom. The van der Waals surface area contributed by atoms with Crippen molar-refractivity contribution in [1.29, 1.82) is 0 Å². The molecular formula is C17H21FIN3S. The molecule has 0 heterocycles. The zero-order valence-electron chi connectivity index (χ0n) is 13.1. The fourth-order valence-electron chi connectivity index (χ4n) is 1.82. The zero-order valence-corrected chi connectivity index (χ0v) is 16.3. The Morgan fingerprint density at radius 2 is 1.61 bits per heavy atom. The van der Waals surface area contributed by atoms with Crippen molar-refractivity contribution >= 4 is 41.7 Å². The second kappa shape index (κ2) is 9.77. The van der Waals surface area contributed by atoms with Crippen LogP contribution in [0.25, 0.3) is 0 Å². The van der Waals surface area contributed by atoms with Gasteiger partial charge in [0.1, 0.15) is 5.82 Å². The van der Waals surface area contributed by atoms with Gasteiger partial charge in [0.15, 0.2) is 5.96 Å². The summed E-state index contributed by atoms with van der Waals surface area (Å²) in [6.45, 7) is 4.58. The van der Waals surface area contributed by atoms with Crippen molar-refractivity contribution in [2.45, 2.75) is 36.2 Å². The Hall–Kier alpha value is -1.28. The van der Waals surface area contributed by atoms with Gasteiger partial charge in [-0.25, -0.2) is 9.38 Å². The van der Waals surface area contributed by atoms with Crippen molar-refractivity contribution < 1.29 is 4.39 Å². The first-order valence-corrected chi connectivity index (χ1v) is 7.93. The van der Waals surface area contributed by atoms with Gasteiger partial charge in [0.25, 0.3) is 0 Å². The van der Waals surface area contributed by atoms with E-state index in [9.17, 15) is 4.39 Å². The predicted octanol–water partition coefficient (Wildman–Crippen LogP) is 4.41. The van der Waals surface area contributed by atoms with Gasteiger partial charge in [-0.2, -0.15) is 0 Å². The average Bonchev–Trinajstić information content (AvgIpc) is 2.48. The molecule has 0 atom stereocenters. The van der Waals surface area contributed by atoms with Crippen molar-refractivity contribution in [2.75, 3.05) is 0 Å². The maximum absolute atomic E-state index is 12.9. The van der Waals surface area contributed by atoms with Crippen LogP contribution in [0, 0.1) is 5.82 Å². The molecule has 0 radical (unpaired) electrons. The fourth-order valence-corrected chi connectivity index (χ4v) is 2.64. The third-order valence-corrected chi connectivity index (χ3v) is 3.86. The summed E-state index contributed by atoms with van der Waals surface area (Å²) in [6.07, 6.45) is 0. The third kappa shape index (κ3) is 7.22. The molecule has 23 heavy (non-hydrogen) atoms. The van der Waals surface area contributed by atoms with E-state index in [4.69, 9.17) is 5.73 Å². The molecule has 0 aromatic heterocycles. The molecule has 0 bridgehead atoms. The second-order valence-corrected chi connectivity index (χ2v) is 6.35. The lowest BCUT2D eigenvalue weighted by Crippen LogP contribution is -2.36. The Morgan fingerprint density at radius 1 is 1.09 bits per heavy atom. The summed E-state index contributed by atoms with van der Waals surface area (Å²) in [5.41, 5.74) is 6.87. The quantitative estimate of drug-likeness (QED) is 0.408. The molecule has 124 valence electrons. The number of benzene rings is 2. The molecule has 0 amide bonds. The van der Waals surface area contributed by atoms with Gasteiger partial charge in [-0.3, -0.25) is 0 Å². The molecule has 2 aromatic carbocycles. The molecule has 3 nitrogen and oxygen atoms in total. The van der Waals surface area contributed by atoms with Crippen molar-refractivity contribution in [2.24, 2.45) is 10.7 Å². The van der Waals surface area contributed by atoms with Crippen LogP contribution in [-0.4, -0.2) is 12.0 Å². The Kier molecular flexibility index (Phi) is 8.40. The lowest BCUT2D eigenvalue weighted by Gasteiger charge is -2.08. The highest BCUT2D eigenvalue weighted by Crippen LogP contribution is 2.27. The zero-order chi connectivity index (χ0) is 15.9. The Labute approximate surface area is 158 Å². The minimum atomic E-state index is -0.217. The van der Waals surface area contributed by atoms with Gasteiger partial charge < -0.3 is 11.1 Å². The van der Waals surface area contributed by atoms with E-state index in [1.54, 1.807) is 23.9 Å². The Balaban J connectivity index is 0.00000264. The van der Waals surface area contributed by atoms with Crippen LogP contribution < -0.4 is 11.1 Å². The maximum Gasteiger partial charge on any atom is 0.189 e. The van der Waals surface area contributed by atoms with Crippen LogP contribution in [0.5, 0.6) is 0 Å². The molecule has 0 aliphatic rings. The number of hydrogen-bond donors (Lipinski definition) is 2. The highest BCUT2D eigenvalue weighted by atomic mass is 127. The average molecular weight is 445 g/mol. The molecule has 3 N–H and O–H groups in total. The smallest absolute Gasteiger partial charge is 0.189 e. The molecule has 2 rings (SSSR count). The lowest BCUT2D eigenvalue weighted by molar-refractivity contribution is 0.626. The summed E-state index contributed by atoms with van der Waals surface area (Å²) in [5.74, 6) is 0.241. The number of halogens is 2. The maximum atomic E-state index is 12.9. The molecule has 6 heteroatoms. The first-order valence-electron chi connectivity index (χ1n) is 7.12. The molecular weight excluding hydrogens is 424 g/mol. The van der Waals surface area contributed by atoms with E-state index >= 15 is 0 Å². The first kappa shape index (κ1) is 19.8. The monoisotopic (exact) mass is 445 g/mol. The molecule has 2 aromatic rings. The van der Waals surface area contributed by atoms with Crippen LogP contribution in [-0.2, 0) is 6.54 Å². The summed E-state index contributed by atoms with van der Waals surface area (Å²) in [7, 11) is 0. The second-order valence-electron chi connectivity index (χ2n) is 5.20. The SMILES string of the molecule is CC(C)NC(N)=NCc1ccc(Sc2ccc(F)cc2)cc1.I. The summed E-state index contributed by atoms with van der Waals surface area (Å²) in [6, 6.07) is 14.9. The van der Waals surface area contributed by atoms with Gasteiger partial charge in [-0.05, 0) is 55.8 Å². The summed E-state index contributed by atoms with van der Waals surface area (Å²) < 4.78 is 12.9. The highest BCUT2D eigenvalue weighted by molar-refractivity contribution is 14.0. The minimum absolute atomic E-state index is 0. The van der Waals surface area contributed by atoms with Crippen molar-refractivity contribution in [3.05, 3.63) is 59.9 Å². The number of rotatable bonds is 5. The predicted molar refractivity (Wildman–Crippen MR) is 106 cm³/mol. The number of hydrogen-bond acceptors (Lipinski definition) is 2. The van der Waals surface area contributed by atoms with Crippen LogP contribution in [0.1, 0.15) is 19.4 Å².